The maximum atomic E-state index is 15.9. The number of piperazine rings is 1. The van der Waals surface area contributed by atoms with Crippen LogP contribution in [-0.4, -0.2) is 143 Å². The third-order valence-corrected chi connectivity index (χ3v) is 10.5. The summed E-state index contributed by atoms with van der Waals surface area (Å²) in [7, 11) is 1.95. The number of nitrogens with one attached hydrogen (secondary N) is 4. The standard InChI is InChI=1S/C39H53FN8O13/c1-20-19-61-35-32-23(16-25(40)33(35)47-14-12-46(3)13-15-47)34(56)24(18-48(20)32)37(58)45-28(8-11-31(54)55)39(60)43-22(5-9-29(50)51)17-42-27(6-4-21(2)49)38(59)44-26(36(41)57)7-10-30(52)53/h16,18,20,22,26-28,42H,4-15,17,19H2,1-3H3,(H2,41,57)(H,43,60)(H,44,59)(H,45,58)(H,50,51)(H,52,53)(H,54,55)/t20-,22-,26-,27-,28-/m0/s1. The van der Waals surface area contributed by atoms with E-state index in [2.05, 4.69) is 26.2 Å². The number of carboxylic acids is 3. The van der Waals surface area contributed by atoms with E-state index in [4.69, 9.17) is 15.6 Å². The van der Waals surface area contributed by atoms with Gasteiger partial charge < -0.3 is 66.2 Å². The van der Waals surface area contributed by atoms with E-state index in [1.54, 1.807) is 11.5 Å². The fourth-order valence-corrected chi connectivity index (χ4v) is 7.08. The van der Waals surface area contributed by atoms with E-state index >= 15 is 4.39 Å². The second-order valence-corrected chi connectivity index (χ2v) is 15.4. The molecule has 22 heteroatoms. The Morgan fingerprint density at radius 2 is 1.41 bits per heavy atom. The smallest absolute Gasteiger partial charge is 0.303 e. The van der Waals surface area contributed by atoms with E-state index in [9.17, 15) is 53.4 Å². The summed E-state index contributed by atoms with van der Waals surface area (Å²) in [5.74, 6) is -8.57. The first-order valence-electron chi connectivity index (χ1n) is 19.8. The number of aromatic nitrogens is 1. The number of carbonyl (C=O) groups is 8. The number of primary amides is 1. The van der Waals surface area contributed by atoms with Crippen LogP contribution in [-0.2, 0) is 33.6 Å². The van der Waals surface area contributed by atoms with Gasteiger partial charge in [-0.25, -0.2) is 4.39 Å². The second kappa shape index (κ2) is 21.4. The summed E-state index contributed by atoms with van der Waals surface area (Å²) in [5.41, 5.74) is 4.50. The summed E-state index contributed by atoms with van der Waals surface area (Å²) in [6.07, 6.45) is -1.61. The molecule has 1 saturated heterocycles. The number of aliphatic carboxylic acids is 3. The van der Waals surface area contributed by atoms with Gasteiger partial charge >= 0.3 is 17.9 Å². The van der Waals surface area contributed by atoms with Crippen LogP contribution < -0.4 is 42.1 Å². The monoisotopic (exact) mass is 860 g/mol. The Hall–Kier alpha value is -6.16. The number of carboxylic acid groups (broad SMARTS) is 3. The summed E-state index contributed by atoms with van der Waals surface area (Å²) >= 11 is 0. The van der Waals surface area contributed by atoms with Crippen molar-refractivity contribution in [3.05, 3.63) is 33.9 Å². The Morgan fingerprint density at radius 3 is 2.00 bits per heavy atom. The van der Waals surface area contributed by atoms with Crippen LogP contribution in [0.25, 0.3) is 10.9 Å². The number of hydrogen-bond acceptors (Lipinski definition) is 13. The van der Waals surface area contributed by atoms with Crippen molar-refractivity contribution >= 4 is 63.9 Å². The quantitative estimate of drug-likeness (QED) is 0.0687. The molecule has 5 atom stereocenters. The Labute approximate surface area is 349 Å². The topological polar surface area (TPSA) is 309 Å². The molecule has 0 radical (unpaired) electrons. The molecule has 1 fully saturated rings. The number of rotatable bonds is 23. The van der Waals surface area contributed by atoms with E-state index in [0.29, 0.717) is 26.2 Å². The van der Waals surface area contributed by atoms with Gasteiger partial charge in [-0.1, -0.05) is 0 Å². The molecular formula is C39H53FN8O13. The number of likely N-dealkylation sites (N-methyl/N-ethyl adjacent to an activating group) is 1. The molecule has 0 spiro atoms. The number of anilines is 1. The Kier molecular flexibility index (Phi) is 16.7. The van der Waals surface area contributed by atoms with Gasteiger partial charge in [0.15, 0.2) is 11.6 Å². The van der Waals surface area contributed by atoms with E-state index in [1.165, 1.54) is 13.1 Å². The lowest BCUT2D eigenvalue weighted by Gasteiger charge is -2.37. The molecule has 0 bridgehead atoms. The molecule has 2 aromatic rings. The highest BCUT2D eigenvalue weighted by Gasteiger charge is 2.33. The normalized spacial score (nSPS) is 17.0. The predicted molar refractivity (Wildman–Crippen MR) is 215 cm³/mol. The van der Waals surface area contributed by atoms with Crippen LogP contribution in [0.3, 0.4) is 0 Å². The minimum absolute atomic E-state index is 0.0827. The number of amides is 4. The van der Waals surface area contributed by atoms with Crippen LogP contribution in [0.5, 0.6) is 5.75 Å². The third kappa shape index (κ3) is 12.9. The number of ether oxygens (including phenoxy) is 1. The summed E-state index contributed by atoms with van der Waals surface area (Å²) in [5, 5.41) is 38.0. The molecule has 334 valence electrons. The van der Waals surface area contributed by atoms with E-state index in [0.717, 1.165) is 6.07 Å². The minimum Gasteiger partial charge on any atom is -0.487 e. The summed E-state index contributed by atoms with van der Waals surface area (Å²) in [6, 6.07) is -4.66. The zero-order valence-corrected chi connectivity index (χ0v) is 34.2. The molecule has 0 aliphatic carbocycles. The predicted octanol–water partition coefficient (Wildman–Crippen LogP) is -0.679. The number of ketones is 1. The maximum absolute atomic E-state index is 15.9. The van der Waals surface area contributed by atoms with Crippen LogP contribution in [0, 0.1) is 5.82 Å². The average molecular weight is 861 g/mol. The fraction of sp³-hybridized carbons (Fsp3) is 0.564. The zero-order valence-electron chi connectivity index (χ0n) is 34.2. The molecule has 4 amide bonds. The van der Waals surface area contributed by atoms with Gasteiger partial charge in [0, 0.05) is 70.6 Å². The van der Waals surface area contributed by atoms with Crippen LogP contribution in [0.1, 0.15) is 81.6 Å². The molecule has 3 heterocycles. The lowest BCUT2D eigenvalue weighted by Crippen LogP contribution is -2.56. The molecule has 21 nitrogen and oxygen atoms in total. The van der Waals surface area contributed by atoms with Gasteiger partial charge in [0.05, 0.1) is 23.0 Å². The van der Waals surface area contributed by atoms with Crippen molar-refractivity contribution in [2.75, 3.05) is 51.3 Å². The number of halogens is 1. The average Bonchev–Trinajstić information content (AvgIpc) is 3.18. The number of Topliss-reactive ketones (excluding diaryl/α,β-unsaturated/α-hetero) is 1. The number of pyridine rings is 1. The fourth-order valence-electron chi connectivity index (χ4n) is 7.08. The highest BCUT2D eigenvalue weighted by Crippen LogP contribution is 2.42. The van der Waals surface area contributed by atoms with Crippen molar-refractivity contribution in [3.63, 3.8) is 0 Å². The molecule has 9 N–H and O–H groups in total. The summed E-state index contributed by atoms with van der Waals surface area (Å²) in [4.78, 5) is 117. The molecular weight excluding hydrogens is 807 g/mol. The van der Waals surface area contributed by atoms with Gasteiger partial charge in [-0.05, 0) is 52.6 Å². The highest BCUT2D eigenvalue weighted by molar-refractivity contribution is 6.02. The van der Waals surface area contributed by atoms with Gasteiger partial charge in [-0.15, -0.1) is 0 Å². The highest BCUT2D eigenvalue weighted by atomic mass is 19.1. The van der Waals surface area contributed by atoms with Crippen molar-refractivity contribution in [2.24, 2.45) is 5.73 Å². The first-order chi connectivity index (χ1) is 28.8. The van der Waals surface area contributed by atoms with Gasteiger partial charge in [0.1, 0.15) is 35.7 Å². The minimum atomic E-state index is -1.59. The molecule has 61 heavy (non-hydrogen) atoms. The molecule has 1 aromatic carbocycles. The van der Waals surface area contributed by atoms with Crippen molar-refractivity contribution in [3.8, 4) is 5.75 Å². The van der Waals surface area contributed by atoms with Crippen LogP contribution in [0.2, 0.25) is 0 Å². The van der Waals surface area contributed by atoms with Gasteiger partial charge in [0.25, 0.3) is 5.91 Å². The number of hydrogen-bond donors (Lipinski definition) is 8. The SMILES string of the molecule is CC(=O)CC[C@H](NC[C@H](CCC(=O)O)NC(=O)[C@H](CCC(=O)O)NC(=O)c1cn2c3c(c(N4CCN(C)CC4)c(F)cc3c1=O)OC[C@@H]2C)C(=O)N[C@@H](CCC(=O)O)C(N)=O. The number of carbonyl (C=O) groups excluding carboxylic acids is 5. The van der Waals surface area contributed by atoms with E-state index < -0.39 is 114 Å². The van der Waals surface area contributed by atoms with Crippen molar-refractivity contribution in [1.82, 2.24) is 30.7 Å². The molecule has 1 aromatic heterocycles. The van der Waals surface area contributed by atoms with E-state index in [-0.39, 0.29) is 67.0 Å². The van der Waals surface area contributed by atoms with Crippen LogP contribution in [0.4, 0.5) is 10.1 Å². The summed E-state index contributed by atoms with van der Waals surface area (Å²) in [6.45, 7) is 5.16. The lowest BCUT2D eigenvalue weighted by molar-refractivity contribution is -0.138. The van der Waals surface area contributed by atoms with Crippen molar-refractivity contribution in [1.29, 1.82) is 0 Å². The van der Waals surface area contributed by atoms with Gasteiger partial charge in [-0.2, -0.15) is 0 Å². The molecule has 0 saturated carbocycles. The molecule has 0 unspecified atom stereocenters. The van der Waals surface area contributed by atoms with Crippen LogP contribution in [0.15, 0.2) is 17.1 Å². The van der Waals surface area contributed by atoms with Gasteiger partial charge in [-0.3, -0.25) is 38.4 Å². The first-order valence-corrected chi connectivity index (χ1v) is 19.8. The lowest BCUT2D eigenvalue weighted by atomic mass is 10.0. The first kappa shape index (κ1) is 47.5. The van der Waals surface area contributed by atoms with Gasteiger partial charge in [0.2, 0.25) is 23.2 Å². The second-order valence-electron chi connectivity index (χ2n) is 15.4. The zero-order chi connectivity index (χ0) is 45.1. The maximum Gasteiger partial charge on any atom is 0.303 e. The Balaban J connectivity index is 1.60. The largest absolute Gasteiger partial charge is 0.487 e. The van der Waals surface area contributed by atoms with E-state index in [1.807, 2.05) is 11.9 Å². The van der Waals surface area contributed by atoms with Crippen molar-refractivity contribution in [2.45, 2.75) is 95.4 Å². The molecule has 2 aliphatic heterocycles. The third-order valence-electron chi connectivity index (χ3n) is 10.5. The van der Waals surface area contributed by atoms with Crippen LogP contribution >= 0.6 is 0 Å². The number of nitrogens with zero attached hydrogens (tertiary/aromatic N) is 3. The Morgan fingerprint density at radius 1 is 0.836 bits per heavy atom. The van der Waals surface area contributed by atoms with Crippen molar-refractivity contribution < 1.29 is 62.8 Å². The molecule has 2 aliphatic rings. The number of benzene rings is 1. The Bertz CT molecular complexity index is 2090. The molecule has 4 rings (SSSR count). The summed E-state index contributed by atoms with van der Waals surface area (Å²) < 4.78 is 23.5. The number of nitrogens with two attached hydrogens (primary N) is 1.